The third-order valence-electron chi connectivity index (χ3n) is 7.08. The lowest BCUT2D eigenvalue weighted by Gasteiger charge is -2.52. The minimum atomic E-state index is -2.70. The normalized spacial score (nSPS) is 34.1. The quantitative estimate of drug-likeness (QED) is 0.463. The zero-order valence-corrected chi connectivity index (χ0v) is 17.5. The molecule has 3 aliphatic carbocycles. The van der Waals surface area contributed by atoms with Crippen LogP contribution in [0.3, 0.4) is 0 Å². The van der Waals surface area contributed by atoms with Crippen LogP contribution < -0.4 is 11.5 Å². The Morgan fingerprint density at radius 3 is 2.31 bits per heavy atom. The number of Topliss-reactive ketones (excluding diaryl/α,β-unsaturated/α-hetero) is 4. The fourth-order valence-electron chi connectivity index (χ4n) is 5.65. The Bertz CT molecular complexity index is 1110. The summed E-state index contributed by atoms with van der Waals surface area (Å²) in [7, 11) is 3.08. The fourth-order valence-corrected chi connectivity index (χ4v) is 5.65. The highest BCUT2D eigenvalue weighted by molar-refractivity contribution is 6.32. The number of nitrogens with zero attached hydrogens (tertiary/aromatic N) is 1. The second-order valence-electron chi connectivity index (χ2n) is 9.03. The fraction of sp³-hybridized carbons (Fsp3) is 0.455. The van der Waals surface area contributed by atoms with E-state index < -0.39 is 70.3 Å². The number of hydrogen-bond donors (Lipinski definition) is 3. The van der Waals surface area contributed by atoms with Gasteiger partial charge in [0.05, 0.1) is 12.0 Å². The highest BCUT2D eigenvalue weighted by Crippen LogP contribution is 2.49. The summed E-state index contributed by atoms with van der Waals surface area (Å²) in [6.45, 7) is 0. The predicted octanol–water partition coefficient (Wildman–Crippen LogP) is -1.74. The summed E-state index contributed by atoms with van der Waals surface area (Å²) in [5.74, 6) is -10.7. The lowest BCUT2D eigenvalue weighted by Crippen LogP contribution is -2.74. The summed E-state index contributed by atoms with van der Waals surface area (Å²) in [6, 6.07) is 3.29. The standard InChI is InChI=1S/C22H23N3O7/c1-25(2)15-12-7-10-5-8-3-4-9(20(23)30)6-11(8)16(26)13(10)18(28)22(12,32)19(29)14(17(15)27)21(24)31/h3-4,6,10,12-15,32H,5,7H2,1-2H3,(H2,23,30)(H2,24,31)/t10?,12?,13?,14?,15?,22-/m0/s1. The van der Waals surface area contributed by atoms with E-state index in [-0.39, 0.29) is 24.0 Å². The maximum Gasteiger partial charge on any atom is 0.248 e. The van der Waals surface area contributed by atoms with Gasteiger partial charge < -0.3 is 16.6 Å². The molecule has 10 heteroatoms. The van der Waals surface area contributed by atoms with Crippen LogP contribution in [0.4, 0.5) is 0 Å². The maximum absolute atomic E-state index is 13.5. The molecule has 4 rings (SSSR count). The lowest BCUT2D eigenvalue weighted by atomic mass is 9.52. The Morgan fingerprint density at radius 1 is 1.09 bits per heavy atom. The number of aliphatic hydroxyl groups is 1. The predicted molar refractivity (Wildman–Crippen MR) is 108 cm³/mol. The van der Waals surface area contributed by atoms with Gasteiger partial charge in [-0.25, -0.2) is 0 Å². The Labute approximate surface area is 182 Å². The van der Waals surface area contributed by atoms with Gasteiger partial charge in [-0.2, -0.15) is 0 Å². The van der Waals surface area contributed by atoms with Crippen molar-refractivity contribution in [2.24, 2.45) is 35.1 Å². The van der Waals surface area contributed by atoms with Crippen molar-refractivity contribution in [1.82, 2.24) is 4.90 Å². The lowest BCUT2D eigenvalue weighted by molar-refractivity contribution is -0.181. The summed E-state index contributed by atoms with van der Waals surface area (Å²) in [6.07, 6.45) is 0.326. The molecule has 2 amide bonds. The van der Waals surface area contributed by atoms with Crippen LogP contribution in [-0.4, -0.2) is 70.7 Å². The van der Waals surface area contributed by atoms with Crippen LogP contribution in [0.25, 0.3) is 0 Å². The van der Waals surface area contributed by atoms with Crippen molar-refractivity contribution < 1.29 is 33.9 Å². The van der Waals surface area contributed by atoms with E-state index in [1.54, 1.807) is 20.2 Å². The number of carbonyl (C=O) groups excluding carboxylic acids is 6. The van der Waals surface area contributed by atoms with Crippen molar-refractivity contribution in [3.8, 4) is 0 Å². The van der Waals surface area contributed by atoms with E-state index >= 15 is 0 Å². The van der Waals surface area contributed by atoms with Crippen molar-refractivity contribution in [2.75, 3.05) is 14.1 Å². The summed E-state index contributed by atoms with van der Waals surface area (Å²) >= 11 is 0. The Balaban J connectivity index is 1.84. The van der Waals surface area contributed by atoms with Crippen LogP contribution in [0.15, 0.2) is 18.2 Å². The zero-order chi connectivity index (χ0) is 23.7. The van der Waals surface area contributed by atoms with Gasteiger partial charge in [-0.1, -0.05) is 6.07 Å². The second-order valence-corrected chi connectivity index (χ2v) is 9.03. The number of likely N-dealkylation sites (N-methyl/N-ethyl adjacent to an activating group) is 1. The van der Waals surface area contributed by atoms with Crippen LogP contribution in [0.5, 0.6) is 0 Å². The first-order chi connectivity index (χ1) is 14.9. The average molecular weight is 441 g/mol. The third kappa shape index (κ3) is 2.79. The SMILES string of the molecule is CN(C)C1C(=O)C(C(N)=O)C(=O)[C@@]2(O)C(=O)C3C(=O)c4cc(C(N)=O)ccc4CC3CC12. The average Bonchev–Trinajstić information content (AvgIpc) is 2.70. The van der Waals surface area contributed by atoms with Crippen molar-refractivity contribution in [2.45, 2.75) is 24.5 Å². The van der Waals surface area contributed by atoms with Crippen molar-refractivity contribution in [1.29, 1.82) is 0 Å². The molecule has 0 heterocycles. The van der Waals surface area contributed by atoms with Crippen LogP contribution in [0.2, 0.25) is 0 Å². The van der Waals surface area contributed by atoms with Gasteiger partial charge in [-0.05, 0) is 50.6 Å². The molecule has 1 aromatic carbocycles. The molecule has 10 nitrogen and oxygen atoms in total. The van der Waals surface area contributed by atoms with Crippen LogP contribution in [-0.2, 0) is 25.6 Å². The van der Waals surface area contributed by atoms with Gasteiger partial charge in [-0.15, -0.1) is 0 Å². The minimum absolute atomic E-state index is 0.0431. The first-order valence-corrected chi connectivity index (χ1v) is 10.2. The Morgan fingerprint density at radius 2 is 1.75 bits per heavy atom. The maximum atomic E-state index is 13.5. The molecule has 2 fully saturated rings. The van der Waals surface area contributed by atoms with E-state index in [0.717, 1.165) is 0 Å². The number of benzene rings is 1. The molecule has 5 N–H and O–H groups in total. The largest absolute Gasteiger partial charge is 0.374 e. The van der Waals surface area contributed by atoms with E-state index in [2.05, 4.69) is 0 Å². The number of ketones is 4. The molecule has 32 heavy (non-hydrogen) atoms. The number of carbonyl (C=O) groups is 6. The minimum Gasteiger partial charge on any atom is -0.374 e. The highest BCUT2D eigenvalue weighted by Gasteiger charge is 2.69. The molecular formula is C22H23N3O7. The van der Waals surface area contributed by atoms with Gasteiger partial charge in [0.15, 0.2) is 34.7 Å². The van der Waals surface area contributed by atoms with E-state index in [0.29, 0.717) is 5.56 Å². The van der Waals surface area contributed by atoms with Gasteiger partial charge in [0, 0.05) is 17.0 Å². The molecular weight excluding hydrogens is 418 g/mol. The summed E-state index contributed by atoms with van der Waals surface area (Å²) in [4.78, 5) is 77.8. The number of rotatable bonds is 3. The van der Waals surface area contributed by atoms with Crippen molar-refractivity contribution in [3.63, 3.8) is 0 Å². The molecule has 0 aliphatic heterocycles. The molecule has 0 bridgehead atoms. The first-order valence-electron chi connectivity index (χ1n) is 10.2. The van der Waals surface area contributed by atoms with Crippen LogP contribution in [0.1, 0.15) is 32.7 Å². The molecule has 2 saturated carbocycles. The summed E-state index contributed by atoms with van der Waals surface area (Å²) < 4.78 is 0. The molecule has 0 radical (unpaired) electrons. The molecule has 5 unspecified atom stereocenters. The highest BCUT2D eigenvalue weighted by atomic mass is 16.3. The molecule has 0 saturated heterocycles. The molecule has 1 aromatic rings. The van der Waals surface area contributed by atoms with Crippen LogP contribution >= 0.6 is 0 Å². The van der Waals surface area contributed by atoms with Crippen molar-refractivity contribution in [3.05, 3.63) is 34.9 Å². The van der Waals surface area contributed by atoms with E-state index in [1.807, 2.05) is 0 Å². The number of primary amides is 2. The van der Waals surface area contributed by atoms with Crippen molar-refractivity contribution >= 4 is 34.9 Å². The van der Waals surface area contributed by atoms with Crippen LogP contribution in [0, 0.1) is 23.7 Å². The van der Waals surface area contributed by atoms with Gasteiger partial charge in [0.1, 0.15) is 0 Å². The first kappa shape index (κ1) is 22.0. The smallest absolute Gasteiger partial charge is 0.248 e. The zero-order valence-electron chi connectivity index (χ0n) is 17.5. The molecule has 0 aromatic heterocycles. The monoisotopic (exact) mass is 441 g/mol. The van der Waals surface area contributed by atoms with Gasteiger partial charge in [0.2, 0.25) is 11.8 Å². The summed E-state index contributed by atoms with van der Waals surface area (Å²) in [5, 5.41) is 11.4. The number of amides is 2. The molecule has 168 valence electrons. The molecule has 3 aliphatic rings. The van der Waals surface area contributed by atoms with E-state index in [4.69, 9.17) is 11.5 Å². The van der Waals surface area contributed by atoms with Gasteiger partial charge in [0.25, 0.3) is 0 Å². The Hall–Kier alpha value is -3.24. The van der Waals surface area contributed by atoms with Gasteiger partial charge >= 0.3 is 0 Å². The van der Waals surface area contributed by atoms with E-state index in [9.17, 15) is 33.9 Å². The van der Waals surface area contributed by atoms with Gasteiger partial charge in [-0.3, -0.25) is 33.7 Å². The topological polar surface area (TPSA) is 178 Å². The molecule has 0 spiro atoms. The summed E-state index contributed by atoms with van der Waals surface area (Å²) in [5.41, 5.74) is 8.71. The van der Waals surface area contributed by atoms with E-state index in [1.165, 1.54) is 17.0 Å². The Kier molecular flexibility index (Phi) is 4.90. The third-order valence-corrected chi connectivity index (χ3v) is 7.08. The number of nitrogens with two attached hydrogens (primary N) is 2. The second kappa shape index (κ2) is 7.14. The molecule has 6 atom stereocenters. The number of hydrogen-bond acceptors (Lipinski definition) is 8. The number of fused-ring (bicyclic) bond motifs is 3.